The molecule has 1 fully saturated rings. The van der Waals surface area contributed by atoms with Gasteiger partial charge in [-0.3, -0.25) is 14.9 Å². The van der Waals surface area contributed by atoms with Crippen LogP contribution in [-0.4, -0.2) is 23.5 Å². The van der Waals surface area contributed by atoms with Gasteiger partial charge in [0.15, 0.2) is 6.61 Å². The Hall–Kier alpha value is -2.15. The molecule has 0 bridgehead atoms. The van der Waals surface area contributed by atoms with E-state index in [4.69, 9.17) is 10.5 Å². The highest BCUT2D eigenvalue weighted by molar-refractivity contribution is 5.75. The number of benzene rings is 1. The van der Waals surface area contributed by atoms with E-state index >= 15 is 0 Å². The van der Waals surface area contributed by atoms with E-state index in [-0.39, 0.29) is 12.3 Å². The Morgan fingerprint density at radius 2 is 2.26 bits per heavy atom. The Labute approximate surface area is 109 Å². The molecule has 1 amide bonds. The predicted octanol–water partition coefficient (Wildman–Crippen LogP) is 0.711. The number of carbonyl (C=O) groups excluding carboxylic acids is 1. The van der Waals surface area contributed by atoms with Crippen LogP contribution in [0, 0.1) is 10.1 Å². The lowest BCUT2D eigenvalue weighted by molar-refractivity contribution is -0.384. The zero-order valence-corrected chi connectivity index (χ0v) is 10.3. The number of nitrogens with one attached hydrogen (secondary N) is 1. The van der Waals surface area contributed by atoms with Gasteiger partial charge in [-0.1, -0.05) is 0 Å². The first-order valence-corrected chi connectivity index (χ1v) is 5.98. The average Bonchev–Trinajstić information content (AvgIpc) is 3.18. The molecule has 19 heavy (non-hydrogen) atoms. The van der Waals surface area contributed by atoms with Gasteiger partial charge in [0.1, 0.15) is 5.75 Å². The monoisotopic (exact) mass is 265 g/mol. The van der Waals surface area contributed by atoms with Crippen molar-refractivity contribution in [1.82, 2.24) is 5.32 Å². The van der Waals surface area contributed by atoms with Gasteiger partial charge in [0, 0.05) is 30.3 Å². The van der Waals surface area contributed by atoms with E-state index < -0.39 is 10.8 Å². The molecule has 0 spiro atoms. The molecule has 1 aliphatic rings. The molecular formula is C12H15N3O4. The van der Waals surface area contributed by atoms with Gasteiger partial charge in [-0.05, 0) is 18.9 Å². The summed E-state index contributed by atoms with van der Waals surface area (Å²) in [4.78, 5) is 21.0. The van der Waals surface area contributed by atoms with Crippen molar-refractivity contribution in [3.05, 3.63) is 33.9 Å². The number of non-ortho nitro benzene ring substituents is 1. The summed E-state index contributed by atoms with van der Waals surface area (Å²) in [6, 6.07) is 4.76. The molecule has 0 atom stereocenters. The molecule has 102 valence electrons. The Kier molecular flexibility index (Phi) is 3.96. The standard InChI is InChI=1S/C12H15N3O4/c13-12(16)7-19-11-4-3-10(15(17)18)5-8(11)6-14-9-1-2-9/h3-5,9,14H,1-2,6-7H2,(H2,13,16). The van der Waals surface area contributed by atoms with Crippen LogP contribution in [-0.2, 0) is 11.3 Å². The number of amides is 1. The molecule has 1 aromatic carbocycles. The number of primary amides is 1. The molecular weight excluding hydrogens is 250 g/mol. The SMILES string of the molecule is NC(=O)COc1ccc([N+](=O)[O-])cc1CNC1CC1. The lowest BCUT2D eigenvalue weighted by Gasteiger charge is -2.10. The van der Waals surface area contributed by atoms with E-state index in [0.29, 0.717) is 23.9 Å². The van der Waals surface area contributed by atoms with Crippen molar-refractivity contribution in [2.45, 2.75) is 25.4 Å². The maximum Gasteiger partial charge on any atom is 0.270 e. The van der Waals surface area contributed by atoms with Gasteiger partial charge >= 0.3 is 0 Å². The van der Waals surface area contributed by atoms with Crippen LogP contribution >= 0.6 is 0 Å². The van der Waals surface area contributed by atoms with Gasteiger partial charge in [-0.25, -0.2) is 0 Å². The number of rotatable bonds is 7. The topological polar surface area (TPSA) is 107 Å². The molecule has 7 nitrogen and oxygen atoms in total. The second kappa shape index (κ2) is 5.66. The van der Waals surface area contributed by atoms with Crippen molar-refractivity contribution in [3.8, 4) is 5.75 Å². The third-order valence-electron chi connectivity index (χ3n) is 2.78. The minimum Gasteiger partial charge on any atom is -0.483 e. The van der Waals surface area contributed by atoms with E-state index in [1.165, 1.54) is 18.2 Å². The number of ether oxygens (including phenoxy) is 1. The van der Waals surface area contributed by atoms with E-state index in [1.54, 1.807) is 0 Å². The molecule has 1 aromatic rings. The molecule has 0 aliphatic heterocycles. The Bertz CT molecular complexity index is 500. The van der Waals surface area contributed by atoms with Crippen LogP contribution in [0.15, 0.2) is 18.2 Å². The lowest BCUT2D eigenvalue weighted by atomic mass is 10.1. The first kappa shape index (κ1) is 13.3. The molecule has 1 saturated carbocycles. The maximum atomic E-state index is 10.8. The van der Waals surface area contributed by atoms with Crippen molar-refractivity contribution in [3.63, 3.8) is 0 Å². The van der Waals surface area contributed by atoms with Crippen LogP contribution in [0.3, 0.4) is 0 Å². The average molecular weight is 265 g/mol. The maximum absolute atomic E-state index is 10.8. The summed E-state index contributed by atoms with van der Waals surface area (Å²) in [5.41, 5.74) is 5.67. The smallest absolute Gasteiger partial charge is 0.270 e. The number of hydrogen-bond acceptors (Lipinski definition) is 5. The number of nitrogens with two attached hydrogens (primary N) is 1. The van der Waals surface area contributed by atoms with Crippen molar-refractivity contribution in [2.24, 2.45) is 5.73 Å². The van der Waals surface area contributed by atoms with E-state index in [2.05, 4.69) is 5.32 Å². The number of carbonyl (C=O) groups is 1. The zero-order chi connectivity index (χ0) is 13.8. The van der Waals surface area contributed by atoms with Crippen molar-refractivity contribution < 1.29 is 14.5 Å². The summed E-state index contributed by atoms with van der Waals surface area (Å²) < 4.78 is 5.25. The van der Waals surface area contributed by atoms with Crippen LogP contribution in [0.5, 0.6) is 5.75 Å². The van der Waals surface area contributed by atoms with Crippen LogP contribution in [0.25, 0.3) is 0 Å². The number of hydrogen-bond donors (Lipinski definition) is 2. The lowest BCUT2D eigenvalue weighted by Crippen LogP contribution is -2.21. The normalized spacial score (nSPS) is 14.1. The van der Waals surface area contributed by atoms with Crippen molar-refractivity contribution in [2.75, 3.05) is 6.61 Å². The Morgan fingerprint density at radius 3 is 2.84 bits per heavy atom. The molecule has 3 N–H and O–H groups in total. The van der Waals surface area contributed by atoms with Crippen molar-refractivity contribution in [1.29, 1.82) is 0 Å². The fourth-order valence-electron chi connectivity index (χ4n) is 1.65. The quantitative estimate of drug-likeness (QED) is 0.557. The largest absolute Gasteiger partial charge is 0.483 e. The van der Waals surface area contributed by atoms with Crippen molar-refractivity contribution >= 4 is 11.6 Å². The molecule has 0 aromatic heterocycles. The molecule has 0 heterocycles. The molecule has 0 saturated heterocycles. The molecule has 0 unspecified atom stereocenters. The van der Waals surface area contributed by atoms with Gasteiger partial charge in [0.2, 0.25) is 0 Å². The number of nitro groups is 1. The van der Waals surface area contributed by atoms with Gasteiger partial charge in [-0.2, -0.15) is 0 Å². The fourth-order valence-corrected chi connectivity index (χ4v) is 1.65. The minimum atomic E-state index is -0.584. The van der Waals surface area contributed by atoms with Crippen LogP contribution in [0.4, 0.5) is 5.69 Å². The summed E-state index contributed by atoms with van der Waals surface area (Å²) in [7, 11) is 0. The Balaban J connectivity index is 2.13. The predicted molar refractivity (Wildman–Crippen MR) is 67.6 cm³/mol. The Morgan fingerprint density at radius 1 is 1.53 bits per heavy atom. The van der Waals surface area contributed by atoms with Crippen LogP contribution < -0.4 is 15.8 Å². The van der Waals surface area contributed by atoms with E-state index in [1.807, 2.05) is 0 Å². The highest BCUT2D eigenvalue weighted by atomic mass is 16.6. The van der Waals surface area contributed by atoms with E-state index in [0.717, 1.165) is 12.8 Å². The third kappa shape index (κ3) is 3.92. The summed E-state index contributed by atoms with van der Waals surface area (Å²) in [6.45, 7) is 0.231. The molecule has 7 heteroatoms. The number of nitrogens with zero attached hydrogens (tertiary/aromatic N) is 1. The fraction of sp³-hybridized carbons (Fsp3) is 0.417. The second-order valence-electron chi connectivity index (χ2n) is 4.46. The summed E-state index contributed by atoms with van der Waals surface area (Å²) in [5.74, 6) is -0.142. The minimum absolute atomic E-state index is 0.000906. The first-order chi connectivity index (χ1) is 9.06. The van der Waals surface area contributed by atoms with Gasteiger partial charge in [0.25, 0.3) is 11.6 Å². The highest BCUT2D eigenvalue weighted by Crippen LogP contribution is 2.26. The molecule has 0 radical (unpaired) electrons. The summed E-state index contributed by atoms with van der Waals surface area (Å²) in [6.07, 6.45) is 2.23. The van der Waals surface area contributed by atoms with Crippen LogP contribution in [0.2, 0.25) is 0 Å². The van der Waals surface area contributed by atoms with Gasteiger partial charge in [0.05, 0.1) is 4.92 Å². The summed E-state index contributed by atoms with van der Waals surface area (Å²) in [5, 5.41) is 14.0. The van der Waals surface area contributed by atoms with Gasteiger partial charge in [-0.15, -0.1) is 0 Å². The molecule has 2 rings (SSSR count). The third-order valence-corrected chi connectivity index (χ3v) is 2.78. The van der Waals surface area contributed by atoms with Crippen LogP contribution in [0.1, 0.15) is 18.4 Å². The zero-order valence-electron chi connectivity index (χ0n) is 10.3. The second-order valence-corrected chi connectivity index (χ2v) is 4.46. The number of nitro benzene ring substituents is 1. The summed E-state index contributed by atoms with van der Waals surface area (Å²) >= 11 is 0. The first-order valence-electron chi connectivity index (χ1n) is 5.98. The molecule has 1 aliphatic carbocycles. The van der Waals surface area contributed by atoms with E-state index in [9.17, 15) is 14.9 Å². The highest BCUT2D eigenvalue weighted by Gasteiger charge is 2.21. The van der Waals surface area contributed by atoms with Gasteiger partial charge < -0.3 is 15.8 Å².